The van der Waals surface area contributed by atoms with Crippen molar-refractivity contribution in [2.24, 2.45) is 0 Å². The van der Waals surface area contributed by atoms with Crippen molar-refractivity contribution in [3.63, 3.8) is 0 Å². The first-order valence-electron chi connectivity index (χ1n) is 4.46. The summed E-state index contributed by atoms with van der Waals surface area (Å²) in [7, 11) is 0. The fourth-order valence-corrected chi connectivity index (χ4v) is 1.05. The number of aromatic nitrogens is 1. The third-order valence-electron chi connectivity index (χ3n) is 1.77. The van der Waals surface area contributed by atoms with Crippen molar-refractivity contribution in [3.05, 3.63) is 28.0 Å². The van der Waals surface area contributed by atoms with Gasteiger partial charge in [0.25, 0.3) is 0 Å². The van der Waals surface area contributed by atoms with E-state index in [2.05, 4.69) is 9.72 Å². The van der Waals surface area contributed by atoms with Crippen LogP contribution >= 0.6 is 0 Å². The lowest BCUT2D eigenvalue weighted by Gasteiger charge is -2.09. The smallest absolute Gasteiger partial charge is 0.392 e. The fourth-order valence-electron chi connectivity index (χ4n) is 1.05. The monoisotopic (exact) mass is 251 g/mol. The van der Waals surface area contributed by atoms with Crippen LogP contribution < -0.4 is 10.2 Å². The molecule has 0 aromatic carbocycles. The highest BCUT2D eigenvalue weighted by Gasteiger charge is 2.27. The zero-order chi connectivity index (χ0) is 13.1. The number of carboxylic acids is 1. The van der Waals surface area contributed by atoms with Gasteiger partial charge in [-0.3, -0.25) is 4.79 Å². The molecule has 8 heteroatoms. The number of H-pyrrole nitrogens is 1. The average Bonchev–Trinajstić information content (AvgIpc) is 2.14. The number of rotatable bonds is 4. The minimum atomic E-state index is -4.40. The maximum atomic E-state index is 11.8. The van der Waals surface area contributed by atoms with Gasteiger partial charge in [0.2, 0.25) is 5.88 Å². The summed E-state index contributed by atoms with van der Waals surface area (Å²) in [4.78, 5) is 24.1. The quantitative estimate of drug-likeness (QED) is 0.847. The van der Waals surface area contributed by atoms with Gasteiger partial charge in [-0.2, -0.15) is 13.2 Å². The number of nitrogens with one attached hydrogen (secondary N) is 1. The van der Waals surface area contributed by atoms with Gasteiger partial charge < -0.3 is 14.8 Å². The summed E-state index contributed by atoms with van der Waals surface area (Å²) in [6.07, 6.45) is -4.54. The normalized spacial score (nSPS) is 11.2. The molecule has 0 aliphatic heterocycles. The number of ether oxygens (including phenoxy) is 1. The third kappa shape index (κ3) is 3.82. The molecular weight excluding hydrogens is 243 g/mol. The van der Waals surface area contributed by atoms with Crippen molar-refractivity contribution in [3.8, 4) is 5.88 Å². The van der Waals surface area contributed by atoms with E-state index in [0.717, 1.165) is 12.3 Å². The second-order valence-electron chi connectivity index (χ2n) is 3.06. The number of halogens is 3. The summed E-state index contributed by atoms with van der Waals surface area (Å²) in [5.74, 6) is -2.04. The van der Waals surface area contributed by atoms with Gasteiger partial charge in [-0.15, -0.1) is 0 Å². The van der Waals surface area contributed by atoms with Gasteiger partial charge in [0, 0.05) is 12.3 Å². The molecular formula is C9H8F3NO4. The Hall–Kier alpha value is -1.99. The second-order valence-corrected chi connectivity index (χ2v) is 3.06. The Balaban J connectivity index is 2.82. The summed E-state index contributed by atoms with van der Waals surface area (Å²) in [6, 6.07) is 0.945. The first-order valence-corrected chi connectivity index (χ1v) is 4.46. The van der Waals surface area contributed by atoms with Gasteiger partial charge in [0.05, 0.1) is 13.0 Å². The predicted octanol–water partition coefficient (Wildman–Crippen LogP) is 1.40. The maximum absolute atomic E-state index is 11.8. The zero-order valence-corrected chi connectivity index (χ0v) is 8.37. The van der Waals surface area contributed by atoms with Crippen molar-refractivity contribution < 1.29 is 27.8 Å². The number of aromatic carboxylic acids is 1. The minimum Gasteiger partial charge on any atom is -0.478 e. The van der Waals surface area contributed by atoms with Gasteiger partial charge in [0.1, 0.15) is 0 Å². The molecule has 0 bridgehead atoms. The first-order chi connectivity index (χ1) is 7.81. The summed E-state index contributed by atoms with van der Waals surface area (Å²) < 4.78 is 40.1. The summed E-state index contributed by atoms with van der Waals surface area (Å²) in [5.41, 5.74) is -1.55. The van der Waals surface area contributed by atoms with Crippen LogP contribution in [0.1, 0.15) is 16.8 Å². The average molecular weight is 251 g/mol. The molecule has 2 N–H and O–H groups in total. The van der Waals surface area contributed by atoms with Crippen molar-refractivity contribution >= 4 is 5.97 Å². The summed E-state index contributed by atoms with van der Waals surface area (Å²) in [5, 5.41) is 8.68. The molecule has 0 amide bonds. The molecule has 5 nitrogen and oxygen atoms in total. The highest BCUT2D eigenvalue weighted by molar-refractivity contribution is 5.89. The van der Waals surface area contributed by atoms with E-state index in [1.54, 1.807) is 0 Å². The SMILES string of the molecule is O=C(O)c1c(OCCC(F)(F)F)[nH]ccc1=O. The highest BCUT2D eigenvalue weighted by Crippen LogP contribution is 2.20. The number of aromatic amines is 1. The van der Waals surface area contributed by atoms with Crippen LogP contribution in [0.15, 0.2) is 17.1 Å². The minimum absolute atomic E-state index is 0.478. The Labute approximate surface area is 92.8 Å². The molecule has 17 heavy (non-hydrogen) atoms. The number of hydrogen-bond acceptors (Lipinski definition) is 3. The number of alkyl halides is 3. The van der Waals surface area contributed by atoms with Crippen LogP contribution in [0.3, 0.4) is 0 Å². The van der Waals surface area contributed by atoms with Crippen LogP contribution in [0.5, 0.6) is 5.88 Å². The largest absolute Gasteiger partial charge is 0.478 e. The topological polar surface area (TPSA) is 79.4 Å². The van der Waals surface area contributed by atoms with Crippen LogP contribution in [0, 0.1) is 0 Å². The van der Waals surface area contributed by atoms with Gasteiger partial charge in [-0.25, -0.2) is 4.79 Å². The van der Waals surface area contributed by atoms with E-state index in [0.29, 0.717) is 0 Å². The van der Waals surface area contributed by atoms with Crippen LogP contribution in [-0.2, 0) is 0 Å². The molecule has 0 unspecified atom stereocenters. The molecule has 1 aromatic heterocycles. The number of pyridine rings is 1. The molecule has 0 atom stereocenters. The van der Waals surface area contributed by atoms with Gasteiger partial charge in [0.15, 0.2) is 11.0 Å². The lowest BCUT2D eigenvalue weighted by molar-refractivity contribution is -0.139. The van der Waals surface area contributed by atoms with Crippen molar-refractivity contribution in [2.75, 3.05) is 6.61 Å². The highest BCUT2D eigenvalue weighted by atomic mass is 19.4. The lowest BCUT2D eigenvalue weighted by Crippen LogP contribution is -2.19. The molecule has 0 spiro atoms. The first kappa shape index (κ1) is 13.1. The van der Waals surface area contributed by atoms with Crippen LogP contribution in [0.2, 0.25) is 0 Å². The second kappa shape index (κ2) is 4.89. The van der Waals surface area contributed by atoms with Crippen molar-refractivity contribution in [2.45, 2.75) is 12.6 Å². The Morgan fingerprint density at radius 1 is 1.47 bits per heavy atom. The maximum Gasteiger partial charge on any atom is 0.392 e. The molecule has 0 aliphatic rings. The number of carboxylic acid groups (broad SMARTS) is 1. The summed E-state index contributed by atoms with van der Waals surface area (Å²) in [6.45, 7) is -0.760. The van der Waals surface area contributed by atoms with Gasteiger partial charge in [-0.05, 0) is 0 Å². The number of hydrogen-bond donors (Lipinski definition) is 2. The molecule has 1 rings (SSSR count). The van der Waals surface area contributed by atoms with E-state index in [-0.39, 0.29) is 0 Å². The Morgan fingerprint density at radius 3 is 2.65 bits per heavy atom. The Kier molecular flexibility index (Phi) is 3.77. The molecule has 1 heterocycles. The fraction of sp³-hybridized carbons (Fsp3) is 0.333. The standard InChI is InChI=1S/C9H8F3NO4/c10-9(11,12)2-4-17-7-6(8(15)16)5(14)1-3-13-7/h1,3H,2,4H2,(H,13,14)(H,15,16). The molecule has 94 valence electrons. The van der Waals surface area contributed by atoms with Crippen molar-refractivity contribution in [1.82, 2.24) is 4.98 Å². The molecule has 0 aliphatic carbocycles. The Bertz CT molecular complexity index is 466. The van der Waals surface area contributed by atoms with Gasteiger partial charge in [-0.1, -0.05) is 0 Å². The molecule has 1 aromatic rings. The van der Waals surface area contributed by atoms with E-state index in [1.165, 1.54) is 0 Å². The van der Waals surface area contributed by atoms with Crippen LogP contribution in [-0.4, -0.2) is 28.8 Å². The van der Waals surface area contributed by atoms with Crippen LogP contribution in [0.25, 0.3) is 0 Å². The Morgan fingerprint density at radius 2 is 2.12 bits per heavy atom. The third-order valence-corrected chi connectivity index (χ3v) is 1.77. The van der Waals surface area contributed by atoms with E-state index < -0.39 is 42.0 Å². The molecule has 0 fully saturated rings. The lowest BCUT2D eigenvalue weighted by atomic mass is 10.2. The molecule has 0 saturated heterocycles. The van der Waals surface area contributed by atoms with Crippen molar-refractivity contribution in [1.29, 1.82) is 0 Å². The van der Waals surface area contributed by atoms with E-state index in [4.69, 9.17) is 5.11 Å². The molecule has 0 radical (unpaired) electrons. The van der Waals surface area contributed by atoms with Gasteiger partial charge >= 0.3 is 12.1 Å². The van der Waals surface area contributed by atoms with E-state index in [9.17, 15) is 22.8 Å². The zero-order valence-electron chi connectivity index (χ0n) is 8.37. The molecule has 0 saturated carbocycles. The van der Waals surface area contributed by atoms with E-state index in [1.807, 2.05) is 0 Å². The predicted molar refractivity (Wildman–Crippen MR) is 50.2 cm³/mol. The number of carbonyl (C=O) groups is 1. The summed E-state index contributed by atoms with van der Waals surface area (Å²) >= 11 is 0. The van der Waals surface area contributed by atoms with E-state index >= 15 is 0 Å². The van der Waals surface area contributed by atoms with Crippen LogP contribution in [0.4, 0.5) is 13.2 Å².